The first kappa shape index (κ1) is 17.4. The monoisotopic (exact) mass is 378 g/mol. The molecule has 0 atom stereocenters. The third-order valence-corrected chi connectivity index (χ3v) is 6.81. The van der Waals surface area contributed by atoms with Crippen LogP contribution in [0.2, 0.25) is 0 Å². The van der Waals surface area contributed by atoms with Crippen LogP contribution >= 0.6 is 34.4 Å². The predicted octanol–water partition coefficient (Wildman–Crippen LogP) is 4.69. The molecule has 3 aromatic heterocycles. The predicted molar refractivity (Wildman–Crippen MR) is 103 cm³/mol. The standard InChI is InChI=1S/C17H18N2O2S3/c1-9(2)19-16(21)14-10(3)11(4)24-15(14)18-17(19)23-8-12(20)13-6-5-7-22-13/h5-7,9H,8H2,1-4H3. The molecule has 0 aliphatic rings. The molecule has 3 heterocycles. The lowest BCUT2D eigenvalue weighted by molar-refractivity contribution is 0.102. The number of fused-ring (bicyclic) bond motifs is 1. The maximum absolute atomic E-state index is 12.9. The Hall–Kier alpha value is -1.44. The molecule has 0 saturated carbocycles. The van der Waals surface area contributed by atoms with Crippen LogP contribution in [0.4, 0.5) is 0 Å². The highest BCUT2D eigenvalue weighted by molar-refractivity contribution is 7.99. The van der Waals surface area contributed by atoms with Crippen LogP contribution in [0.5, 0.6) is 0 Å². The molecule has 24 heavy (non-hydrogen) atoms. The summed E-state index contributed by atoms with van der Waals surface area (Å²) in [6.45, 7) is 7.91. The summed E-state index contributed by atoms with van der Waals surface area (Å²) in [6, 6.07) is 3.69. The van der Waals surface area contributed by atoms with Crippen LogP contribution in [-0.4, -0.2) is 21.1 Å². The van der Waals surface area contributed by atoms with E-state index in [0.29, 0.717) is 10.5 Å². The van der Waals surface area contributed by atoms with Gasteiger partial charge in [-0.25, -0.2) is 4.98 Å². The van der Waals surface area contributed by atoms with E-state index in [1.807, 2.05) is 45.2 Å². The smallest absolute Gasteiger partial charge is 0.263 e. The SMILES string of the molecule is Cc1sc2nc(SCC(=O)c3cccs3)n(C(C)C)c(=O)c2c1C. The summed E-state index contributed by atoms with van der Waals surface area (Å²) in [6.07, 6.45) is 0. The summed E-state index contributed by atoms with van der Waals surface area (Å²) in [7, 11) is 0. The molecule has 0 aliphatic carbocycles. The average molecular weight is 379 g/mol. The molecule has 0 N–H and O–H groups in total. The molecule has 126 valence electrons. The number of Topliss-reactive ketones (excluding diaryl/α,β-unsaturated/α-hetero) is 1. The van der Waals surface area contributed by atoms with Crippen LogP contribution in [0.15, 0.2) is 27.5 Å². The summed E-state index contributed by atoms with van der Waals surface area (Å²) >= 11 is 4.32. The van der Waals surface area contributed by atoms with E-state index >= 15 is 0 Å². The van der Waals surface area contributed by atoms with Gasteiger partial charge in [0.05, 0.1) is 16.0 Å². The van der Waals surface area contributed by atoms with E-state index in [9.17, 15) is 9.59 Å². The summed E-state index contributed by atoms with van der Waals surface area (Å²) < 4.78 is 1.70. The number of thiophene rings is 2. The molecule has 0 spiro atoms. The molecule has 7 heteroatoms. The van der Waals surface area contributed by atoms with Crippen molar-refractivity contribution in [2.75, 3.05) is 5.75 Å². The molecule has 0 amide bonds. The van der Waals surface area contributed by atoms with Crippen molar-refractivity contribution in [1.82, 2.24) is 9.55 Å². The lowest BCUT2D eigenvalue weighted by Crippen LogP contribution is -2.25. The van der Waals surface area contributed by atoms with Crippen molar-refractivity contribution in [3.8, 4) is 0 Å². The minimum Gasteiger partial charge on any atom is -0.292 e. The maximum Gasteiger partial charge on any atom is 0.263 e. The van der Waals surface area contributed by atoms with Gasteiger partial charge in [0.1, 0.15) is 4.83 Å². The molecule has 3 aromatic rings. The molecule has 0 radical (unpaired) electrons. The van der Waals surface area contributed by atoms with Gasteiger partial charge in [-0.05, 0) is 44.7 Å². The van der Waals surface area contributed by atoms with Crippen molar-refractivity contribution < 1.29 is 4.79 Å². The second-order valence-electron chi connectivity index (χ2n) is 5.82. The van der Waals surface area contributed by atoms with E-state index in [2.05, 4.69) is 4.98 Å². The summed E-state index contributed by atoms with van der Waals surface area (Å²) in [5, 5.41) is 3.22. The minimum absolute atomic E-state index is 0.00616. The zero-order valence-electron chi connectivity index (χ0n) is 14.0. The van der Waals surface area contributed by atoms with Crippen molar-refractivity contribution in [3.63, 3.8) is 0 Å². The fourth-order valence-electron chi connectivity index (χ4n) is 2.48. The number of aromatic nitrogens is 2. The second-order valence-corrected chi connectivity index (χ2v) is 8.91. The topological polar surface area (TPSA) is 52.0 Å². The van der Waals surface area contributed by atoms with Crippen LogP contribution < -0.4 is 5.56 Å². The highest BCUT2D eigenvalue weighted by Crippen LogP contribution is 2.29. The molecular weight excluding hydrogens is 360 g/mol. The number of hydrogen-bond donors (Lipinski definition) is 0. The van der Waals surface area contributed by atoms with Gasteiger partial charge in [0.25, 0.3) is 5.56 Å². The molecule has 4 nitrogen and oxygen atoms in total. The Balaban J connectivity index is 2.02. The van der Waals surface area contributed by atoms with Gasteiger partial charge in [0.15, 0.2) is 10.9 Å². The summed E-state index contributed by atoms with van der Waals surface area (Å²) in [5.41, 5.74) is 0.996. The Morgan fingerprint density at radius 2 is 2.12 bits per heavy atom. The Kier molecular flexibility index (Phi) is 4.94. The Morgan fingerprint density at radius 1 is 1.38 bits per heavy atom. The first-order valence-corrected chi connectivity index (χ1v) is 10.3. The minimum atomic E-state index is -0.0112. The molecule has 0 aromatic carbocycles. The highest BCUT2D eigenvalue weighted by Gasteiger charge is 2.19. The van der Waals surface area contributed by atoms with Crippen molar-refractivity contribution in [2.45, 2.75) is 38.9 Å². The number of nitrogens with zero attached hydrogens (tertiary/aromatic N) is 2. The van der Waals surface area contributed by atoms with Gasteiger partial charge in [-0.1, -0.05) is 17.8 Å². The molecule has 0 saturated heterocycles. The lowest BCUT2D eigenvalue weighted by Gasteiger charge is -2.15. The molecule has 3 rings (SSSR count). The van der Waals surface area contributed by atoms with E-state index in [1.165, 1.54) is 34.4 Å². The molecule has 0 unspecified atom stereocenters. The summed E-state index contributed by atoms with van der Waals surface area (Å²) in [5.74, 6) is 0.354. The number of carbonyl (C=O) groups excluding carboxylic acids is 1. The van der Waals surface area contributed by atoms with Gasteiger partial charge >= 0.3 is 0 Å². The van der Waals surface area contributed by atoms with Gasteiger partial charge in [-0.3, -0.25) is 14.2 Å². The first-order valence-electron chi connectivity index (χ1n) is 7.62. The van der Waals surface area contributed by atoms with Crippen LogP contribution in [0.25, 0.3) is 10.2 Å². The van der Waals surface area contributed by atoms with E-state index in [4.69, 9.17) is 0 Å². The fraction of sp³-hybridized carbons (Fsp3) is 0.353. The van der Waals surface area contributed by atoms with Crippen molar-refractivity contribution >= 4 is 50.4 Å². The van der Waals surface area contributed by atoms with Gasteiger partial charge < -0.3 is 0 Å². The molecule has 0 aliphatic heterocycles. The lowest BCUT2D eigenvalue weighted by atomic mass is 10.2. The van der Waals surface area contributed by atoms with Gasteiger partial charge in [0, 0.05) is 10.9 Å². The largest absolute Gasteiger partial charge is 0.292 e. The van der Waals surface area contributed by atoms with Gasteiger partial charge in [-0.2, -0.15) is 0 Å². The van der Waals surface area contributed by atoms with Gasteiger partial charge in [0.2, 0.25) is 0 Å². The number of rotatable bonds is 5. The number of aryl methyl sites for hydroxylation is 2. The van der Waals surface area contributed by atoms with Crippen LogP contribution in [0.3, 0.4) is 0 Å². The third-order valence-electron chi connectivity index (χ3n) is 3.85. The normalized spacial score (nSPS) is 11.5. The summed E-state index contributed by atoms with van der Waals surface area (Å²) in [4.78, 5) is 32.5. The number of thioether (sulfide) groups is 1. The highest BCUT2D eigenvalue weighted by atomic mass is 32.2. The Morgan fingerprint density at radius 3 is 2.75 bits per heavy atom. The first-order chi connectivity index (χ1) is 11.4. The Bertz CT molecular complexity index is 953. The number of carbonyl (C=O) groups is 1. The zero-order valence-corrected chi connectivity index (χ0v) is 16.4. The van der Waals surface area contributed by atoms with Crippen molar-refractivity contribution in [1.29, 1.82) is 0 Å². The average Bonchev–Trinajstić information content (AvgIpc) is 3.14. The molecular formula is C17H18N2O2S3. The van der Waals surface area contributed by atoms with Crippen molar-refractivity contribution in [3.05, 3.63) is 43.2 Å². The van der Waals surface area contributed by atoms with Crippen molar-refractivity contribution in [2.24, 2.45) is 0 Å². The molecule has 0 fully saturated rings. The fourth-order valence-corrected chi connectivity index (χ4v) is 5.32. The van der Waals surface area contributed by atoms with E-state index in [0.717, 1.165) is 20.1 Å². The van der Waals surface area contributed by atoms with Crippen LogP contribution in [0.1, 0.15) is 40.0 Å². The Labute approximate surface area is 152 Å². The second kappa shape index (κ2) is 6.82. The molecule has 0 bridgehead atoms. The van der Waals surface area contributed by atoms with Crippen LogP contribution in [-0.2, 0) is 0 Å². The van der Waals surface area contributed by atoms with E-state index < -0.39 is 0 Å². The van der Waals surface area contributed by atoms with Gasteiger partial charge in [-0.15, -0.1) is 22.7 Å². The number of hydrogen-bond acceptors (Lipinski definition) is 6. The number of ketones is 1. The maximum atomic E-state index is 12.9. The third kappa shape index (κ3) is 3.08. The zero-order chi connectivity index (χ0) is 17.4. The van der Waals surface area contributed by atoms with E-state index in [-0.39, 0.29) is 23.1 Å². The quantitative estimate of drug-likeness (QED) is 0.367. The van der Waals surface area contributed by atoms with E-state index in [1.54, 1.807) is 4.57 Å². The van der Waals surface area contributed by atoms with Crippen LogP contribution in [0, 0.1) is 13.8 Å².